The second-order valence-corrected chi connectivity index (χ2v) is 8.82. The number of hydrogen-bond donors (Lipinski definition) is 1. The fraction of sp³-hybridized carbons (Fsp3) is 0.522. The SMILES string of the molecule is CC/C(=N\NCC1C=C2C=CC/C=C\CC2C(C)C1)C1=CC(Br)CC=C1. The van der Waals surface area contributed by atoms with Crippen LogP contribution in [0.5, 0.6) is 0 Å². The zero-order valence-electron chi connectivity index (χ0n) is 16.0. The normalized spacial score (nSPS) is 32.8. The minimum absolute atomic E-state index is 0.431. The van der Waals surface area contributed by atoms with Gasteiger partial charge in [0, 0.05) is 11.4 Å². The molecule has 3 rings (SSSR count). The van der Waals surface area contributed by atoms with E-state index in [9.17, 15) is 0 Å². The van der Waals surface area contributed by atoms with Gasteiger partial charge in [0.2, 0.25) is 0 Å². The second kappa shape index (κ2) is 9.55. The summed E-state index contributed by atoms with van der Waals surface area (Å²) in [7, 11) is 0. The molecule has 0 aliphatic heterocycles. The molecule has 1 N–H and O–H groups in total. The zero-order chi connectivity index (χ0) is 18.4. The number of rotatable bonds is 5. The van der Waals surface area contributed by atoms with Crippen LogP contribution in [0.2, 0.25) is 0 Å². The van der Waals surface area contributed by atoms with Crippen LogP contribution in [0, 0.1) is 17.8 Å². The van der Waals surface area contributed by atoms with E-state index in [1.807, 2.05) is 0 Å². The highest BCUT2D eigenvalue weighted by atomic mass is 79.9. The average Bonchev–Trinajstić information content (AvgIpc) is 2.60. The lowest BCUT2D eigenvalue weighted by atomic mass is 9.73. The highest BCUT2D eigenvalue weighted by Crippen LogP contribution is 2.37. The van der Waals surface area contributed by atoms with Crippen LogP contribution < -0.4 is 5.43 Å². The number of fused-ring (bicyclic) bond motifs is 1. The first-order chi connectivity index (χ1) is 12.7. The van der Waals surface area contributed by atoms with E-state index in [4.69, 9.17) is 5.10 Å². The zero-order valence-corrected chi connectivity index (χ0v) is 17.6. The fourth-order valence-electron chi connectivity index (χ4n) is 4.19. The molecule has 2 nitrogen and oxygen atoms in total. The van der Waals surface area contributed by atoms with E-state index in [1.54, 1.807) is 0 Å². The number of allylic oxidation sites excluding steroid dienone is 9. The summed E-state index contributed by atoms with van der Waals surface area (Å²) in [4.78, 5) is 0.431. The third-order valence-corrected chi connectivity index (χ3v) is 6.25. The van der Waals surface area contributed by atoms with Crippen molar-refractivity contribution in [3.8, 4) is 0 Å². The maximum absolute atomic E-state index is 4.72. The van der Waals surface area contributed by atoms with Crippen molar-refractivity contribution in [3.05, 3.63) is 59.8 Å². The third kappa shape index (κ3) is 5.09. The van der Waals surface area contributed by atoms with E-state index in [0.717, 1.165) is 37.4 Å². The van der Waals surface area contributed by atoms with E-state index in [0.29, 0.717) is 16.7 Å². The van der Waals surface area contributed by atoms with E-state index >= 15 is 0 Å². The molecule has 3 aliphatic carbocycles. The van der Waals surface area contributed by atoms with Gasteiger partial charge in [0.1, 0.15) is 0 Å². The van der Waals surface area contributed by atoms with Gasteiger partial charge in [0.15, 0.2) is 0 Å². The van der Waals surface area contributed by atoms with Gasteiger partial charge < -0.3 is 5.43 Å². The molecule has 3 heteroatoms. The molecule has 0 aromatic rings. The third-order valence-electron chi connectivity index (χ3n) is 5.61. The Morgan fingerprint density at radius 3 is 2.85 bits per heavy atom. The van der Waals surface area contributed by atoms with Crippen LogP contribution >= 0.6 is 15.9 Å². The Balaban J connectivity index is 1.64. The smallest absolute Gasteiger partial charge is 0.0669 e. The van der Waals surface area contributed by atoms with Gasteiger partial charge in [-0.2, -0.15) is 5.10 Å². The van der Waals surface area contributed by atoms with E-state index in [1.165, 1.54) is 24.0 Å². The monoisotopic (exact) mass is 414 g/mol. The highest BCUT2D eigenvalue weighted by Gasteiger charge is 2.27. The van der Waals surface area contributed by atoms with Crippen LogP contribution in [0.4, 0.5) is 0 Å². The molecule has 0 heterocycles. The summed E-state index contributed by atoms with van der Waals surface area (Å²) >= 11 is 3.69. The minimum Gasteiger partial charge on any atom is -0.309 e. The molecule has 0 fully saturated rings. The Morgan fingerprint density at radius 1 is 1.15 bits per heavy atom. The van der Waals surface area contributed by atoms with Gasteiger partial charge in [-0.3, -0.25) is 0 Å². The molecule has 0 saturated carbocycles. The summed E-state index contributed by atoms with van der Waals surface area (Å²) < 4.78 is 0. The summed E-state index contributed by atoms with van der Waals surface area (Å²) in [5.41, 5.74) is 7.30. The first kappa shape index (κ1) is 19.4. The lowest BCUT2D eigenvalue weighted by molar-refractivity contribution is 0.317. The lowest BCUT2D eigenvalue weighted by Crippen LogP contribution is -2.28. The number of nitrogens with zero attached hydrogens (tertiary/aromatic N) is 1. The molecule has 0 radical (unpaired) electrons. The van der Waals surface area contributed by atoms with Gasteiger partial charge in [-0.15, -0.1) is 0 Å². The van der Waals surface area contributed by atoms with Crippen molar-refractivity contribution in [1.29, 1.82) is 0 Å². The standard InChI is InChI=1S/C23H31BrN2/c1-3-23(20-10-8-11-21(24)15-20)26-25-16-18-13-17(2)22-12-7-5-4-6-9-19(22)14-18/h5-10,14-15,17-18,21-22,25H,3-4,11-13,16H2,1-2H3/b7-5-,9-6?,26-23+. The molecular weight excluding hydrogens is 384 g/mol. The molecule has 4 atom stereocenters. The Bertz CT molecular complexity index is 666. The van der Waals surface area contributed by atoms with Crippen molar-refractivity contribution in [2.75, 3.05) is 6.54 Å². The van der Waals surface area contributed by atoms with E-state index in [2.05, 4.69) is 83.8 Å². The average molecular weight is 415 g/mol. The van der Waals surface area contributed by atoms with Crippen molar-refractivity contribution >= 4 is 21.6 Å². The predicted octanol–water partition coefficient (Wildman–Crippen LogP) is 6.10. The van der Waals surface area contributed by atoms with E-state index < -0.39 is 0 Å². The summed E-state index contributed by atoms with van der Waals surface area (Å²) in [5, 5.41) is 4.72. The summed E-state index contributed by atoms with van der Waals surface area (Å²) in [6, 6.07) is 0. The molecule has 0 aromatic carbocycles. The van der Waals surface area contributed by atoms with E-state index in [-0.39, 0.29) is 0 Å². The van der Waals surface area contributed by atoms with Gasteiger partial charge in [0.05, 0.1) is 5.71 Å². The number of nitrogens with one attached hydrogen (secondary N) is 1. The Labute approximate surface area is 167 Å². The topological polar surface area (TPSA) is 24.4 Å². The molecule has 0 saturated heterocycles. The molecule has 0 bridgehead atoms. The number of halogens is 1. The van der Waals surface area contributed by atoms with Crippen LogP contribution in [0.15, 0.2) is 64.9 Å². The Morgan fingerprint density at radius 2 is 2.04 bits per heavy atom. The maximum atomic E-state index is 4.72. The van der Waals surface area contributed by atoms with Crippen LogP contribution in [0.25, 0.3) is 0 Å². The molecule has 3 aliphatic rings. The quantitative estimate of drug-likeness (QED) is 0.250. The summed E-state index contributed by atoms with van der Waals surface area (Å²) in [6.45, 7) is 5.50. The van der Waals surface area contributed by atoms with Crippen LogP contribution in [-0.4, -0.2) is 17.1 Å². The van der Waals surface area contributed by atoms with Crippen molar-refractivity contribution in [3.63, 3.8) is 0 Å². The second-order valence-electron chi connectivity index (χ2n) is 7.64. The van der Waals surface area contributed by atoms with Gasteiger partial charge in [-0.25, -0.2) is 0 Å². The van der Waals surface area contributed by atoms with Crippen molar-refractivity contribution in [2.45, 2.75) is 50.8 Å². The number of hydrogen-bond acceptors (Lipinski definition) is 2. The van der Waals surface area contributed by atoms with Crippen molar-refractivity contribution < 1.29 is 0 Å². The van der Waals surface area contributed by atoms with Gasteiger partial charge in [-0.05, 0) is 61.0 Å². The Hall–Kier alpha value is -1.35. The van der Waals surface area contributed by atoms with Crippen molar-refractivity contribution in [2.24, 2.45) is 22.9 Å². The molecule has 0 spiro atoms. The highest BCUT2D eigenvalue weighted by molar-refractivity contribution is 9.09. The maximum Gasteiger partial charge on any atom is 0.0669 e. The first-order valence-electron chi connectivity index (χ1n) is 10.0. The largest absolute Gasteiger partial charge is 0.309 e. The van der Waals surface area contributed by atoms with Crippen molar-refractivity contribution in [1.82, 2.24) is 5.43 Å². The number of hydrazone groups is 1. The minimum atomic E-state index is 0.431. The fourth-order valence-corrected chi connectivity index (χ4v) is 4.69. The molecule has 140 valence electrons. The summed E-state index contributed by atoms with van der Waals surface area (Å²) in [6.07, 6.45) is 24.0. The van der Waals surface area contributed by atoms with Gasteiger partial charge in [0.25, 0.3) is 0 Å². The van der Waals surface area contributed by atoms with Gasteiger partial charge >= 0.3 is 0 Å². The molecule has 0 amide bonds. The molecule has 0 aromatic heterocycles. The molecular formula is C23H31BrN2. The predicted molar refractivity (Wildman–Crippen MR) is 117 cm³/mol. The van der Waals surface area contributed by atoms with Gasteiger partial charge in [-0.1, -0.05) is 78.4 Å². The first-order valence-corrected chi connectivity index (χ1v) is 10.9. The van der Waals surface area contributed by atoms with Crippen LogP contribution in [0.3, 0.4) is 0 Å². The number of alkyl halides is 1. The molecule has 4 unspecified atom stereocenters. The lowest BCUT2D eigenvalue weighted by Gasteiger charge is -2.33. The summed E-state index contributed by atoms with van der Waals surface area (Å²) in [5.74, 6) is 1.97. The van der Waals surface area contributed by atoms with Crippen LogP contribution in [-0.2, 0) is 0 Å². The van der Waals surface area contributed by atoms with Crippen LogP contribution in [0.1, 0.15) is 46.0 Å². The Kier molecular flexibility index (Phi) is 7.13. The molecule has 26 heavy (non-hydrogen) atoms.